The normalized spacial score (nSPS) is 15.1. The van der Waals surface area contributed by atoms with Crippen molar-refractivity contribution in [1.29, 1.82) is 0 Å². The van der Waals surface area contributed by atoms with E-state index in [4.69, 9.17) is 9.72 Å². The first-order chi connectivity index (χ1) is 18.5. The van der Waals surface area contributed by atoms with Crippen molar-refractivity contribution in [1.82, 2.24) is 19.2 Å². The number of hydrogen-bond donors (Lipinski definition) is 2. The number of likely N-dealkylation sites (tertiary alicyclic amines) is 1. The summed E-state index contributed by atoms with van der Waals surface area (Å²) in [6.45, 7) is 10.2. The predicted molar refractivity (Wildman–Crippen MR) is 157 cm³/mol. The van der Waals surface area contributed by atoms with E-state index >= 15 is 0 Å². The van der Waals surface area contributed by atoms with Crippen molar-refractivity contribution in [2.24, 2.45) is 0 Å². The third kappa shape index (κ3) is 6.69. The molecule has 2 aromatic carbocycles. The highest BCUT2D eigenvalue weighted by atomic mass is 32.2. The summed E-state index contributed by atoms with van der Waals surface area (Å²) >= 11 is 0. The van der Waals surface area contributed by atoms with Crippen LogP contribution >= 0.6 is 0 Å². The Morgan fingerprint density at radius 2 is 1.72 bits per heavy atom. The van der Waals surface area contributed by atoms with Gasteiger partial charge in [-0.1, -0.05) is 12.1 Å². The molecule has 9 nitrogen and oxygen atoms in total. The van der Waals surface area contributed by atoms with Gasteiger partial charge < -0.3 is 20.3 Å². The van der Waals surface area contributed by atoms with Crippen LogP contribution in [0.5, 0.6) is 5.75 Å². The highest BCUT2D eigenvalue weighted by molar-refractivity contribution is 7.89. The molecule has 39 heavy (non-hydrogen) atoms. The van der Waals surface area contributed by atoms with Gasteiger partial charge in [-0.25, -0.2) is 17.7 Å². The van der Waals surface area contributed by atoms with Gasteiger partial charge in [-0.3, -0.25) is 0 Å². The Hall–Kier alpha value is -3.21. The number of aromatic nitrogens is 2. The molecule has 0 saturated carbocycles. The maximum Gasteiger partial charge on any atom is 0.244 e. The molecule has 1 aliphatic heterocycles. The topological polar surface area (TPSA) is 99.7 Å². The standard InChI is InChI=1S/C29H40N6O3S/c1-19(2)38-26-17-23(22-12-14-35(7)15-13-22)20(3)16-25(26)32-29-30-18-21(4)28(33-29)31-24-10-8-9-11-27(24)39(36,37)34(5)6/h8-11,16-19,22H,12-15H2,1-7H3,(H2,30,31,32,33). The molecule has 0 spiro atoms. The maximum atomic E-state index is 12.9. The zero-order valence-electron chi connectivity index (χ0n) is 23.9. The largest absolute Gasteiger partial charge is 0.489 e. The third-order valence-electron chi connectivity index (χ3n) is 7.01. The van der Waals surface area contributed by atoms with E-state index in [1.807, 2.05) is 20.8 Å². The number of aryl methyl sites for hydroxylation is 2. The first-order valence-electron chi connectivity index (χ1n) is 13.3. The van der Waals surface area contributed by atoms with Crippen molar-refractivity contribution in [3.05, 3.63) is 59.3 Å². The first-order valence-corrected chi connectivity index (χ1v) is 14.8. The fourth-order valence-electron chi connectivity index (χ4n) is 4.78. The van der Waals surface area contributed by atoms with Gasteiger partial charge in [-0.15, -0.1) is 0 Å². The molecule has 1 aliphatic rings. The Morgan fingerprint density at radius 3 is 2.38 bits per heavy atom. The summed E-state index contributed by atoms with van der Waals surface area (Å²) in [5.74, 6) is 2.18. The Morgan fingerprint density at radius 1 is 1.03 bits per heavy atom. The van der Waals surface area contributed by atoms with Crippen LogP contribution in [0.15, 0.2) is 47.5 Å². The van der Waals surface area contributed by atoms with Crippen LogP contribution in [0.25, 0.3) is 0 Å². The van der Waals surface area contributed by atoms with Crippen LogP contribution < -0.4 is 15.4 Å². The zero-order chi connectivity index (χ0) is 28.3. The van der Waals surface area contributed by atoms with Crippen LogP contribution in [0.2, 0.25) is 0 Å². The van der Waals surface area contributed by atoms with Crippen LogP contribution in [0.1, 0.15) is 49.3 Å². The summed E-state index contributed by atoms with van der Waals surface area (Å²) < 4.78 is 33.2. The Balaban J connectivity index is 1.65. The molecule has 0 aliphatic carbocycles. The van der Waals surface area contributed by atoms with E-state index in [0.717, 1.165) is 42.9 Å². The number of para-hydroxylation sites is 1. The van der Waals surface area contributed by atoms with E-state index in [2.05, 4.69) is 46.6 Å². The number of rotatable bonds is 9. The van der Waals surface area contributed by atoms with Gasteiger partial charge in [-0.2, -0.15) is 4.98 Å². The molecule has 1 fully saturated rings. The molecular formula is C29H40N6O3S. The summed E-state index contributed by atoms with van der Waals surface area (Å²) in [7, 11) is 1.56. The number of nitrogens with one attached hydrogen (secondary N) is 2. The molecule has 0 unspecified atom stereocenters. The van der Waals surface area contributed by atoms with Gasteiger partial charge in [-0.05, 0) is 102 Å². The van der Waals surface area contributed by atoms with Gasteiger partial charge >= 0.3 is 0 Å². The van der Waals surface area contributed by atoms with E-state index in [-0.39, 0.29) is 11.0 Å². The molecule has 0 amide bonds. The average molecular weight is 553 g/mol. The minimum Gasteiger partial charge on any atom is -0.489 e. The fraction of sp³-hybridized carbons (Fsp3) is 0.448. The van der Waals surface area contributed by atoms with E-state index in [1.54, 1.807) is 30.5 Å². The van der Waals surface area contributed by atoms with Crippen LogP contribution in [-0.2, 0) is 10.0 Å². The molecule has 0 atom stereocenters. The Bertz CT molecular complexity index is 1420. The average Bonchev–Trinajstić information content (AvgIpc) is 2.88. The lowest BCUT2D eigenvalue weighted by Crippen LogP contribution is -2.29. The first kappa shape index (κ1) is 28.8. The van der Waals surface area contributed by atoms with Crippen molar-refractivity contribution in [3.8, 4) is 5.75 Å². The second-order valence-electron chi connectivity index (χ2n) is 10.7. The Labute approximate surface area is 232 Å². The lowest BCUT2D eigenvalue weighted by Gasteiger charge is -2.30. The Kier molecular flexibility index (Phi) is 8.78. The van der Waals surface area contributed by atoms with Crippen molar-refractivity contribution >= 4 is 33.2 Å². The highest BCUT2D eigenvalue weighted by Gasteiger charge is 2.23. The molecule has 2 heterocycles. The van der Waals surface area contributed by atoms with Crippen molar-refractivity contribution in [3.63, 3.8) is 0 Å². The second-order valence-corrected chi connectivity index (χ2v) is 12.8. The van der Waals surface area contributed by atoms with Crippen molar-refractivity contribution < 1.29 is 13.2 Å². The fourth-order valence-corrected chi connectivity index (χ4v) is 5.82. The zero-order valence-corrected chi connectivity index (χ0v) is 24.8. The molecule has 1 saturated heterocycles. The highest BCUT2D eigenvalue weighted by Crippen LogP contribution is 2.38. The molecule has 10 heteroatoms. The van der Waals surface area contributed by atoms with Crippen molar-refractivity contribution in [2.75, 3.05) is 44.9 Å². The van der Waals surface area contributed by atoms with Gasteiger partial charge in [0.2, 0.25) is 16.0 Å². The second kappa shape index (κ2) is 11.9. The molecule has 2 N–H and O–H groups in total. The van der Waals surface area contributed by atoms with Crippen LogP contribution in [0, 0.1) is 13.8 Å². The summed E-state index contributed by atoms with van der Waals surface area (Å²) in [5.41, 5.74) is 4.56. The number of ether oxygens (including phenoxy) is 1. The summed E-state index contributed by atoms with van der Waals surface area (Å²) in [4.78, 5) is 11.7. The van der Waals surface area contributed by atoms with Crippen molar-refractivity contribution in [2.45, 2.75) is 57.5 Å². The monoisotopic (exact) mass is 552 g/mol. The molecule has 210 valence electrons. The van der Waals surface area contributed by atoms with Crippen LogP contribution in [0.4, 0.5) is 23.1 Å². The quantitative estimate of drug-likeness (QED) is 0.363. The minimum absolute atomic E-state index is 0.00454. The van der Waals surface area contributed by atoms with Gasteiger partial charge in [0.15, 0.2) is 0 Å². The van der Waals surface area contributed by atoms with Gasteiger partial charge in [0.25, 0.3) is 0 Å². The maximum absolute atomic E-state index is 12.9. The summed E-state index contributed by atoms with van der Waals surface area (Å²) in [6.07, 6.45) is 3.98. The molecule has 4 rings (SSSR count). The number of nitrogens with zero attached hydrogens (tertiary/aromatic N) is 4. The van der Waals surface area contributed by atoms with Gasteiger partial charge in [0.05, 0.1) is 17.5 Å². The van der Waals surface area contributed by atoms with E-state index in [0.29, 0.717) is 23.4 Å². The smallest absolute Gasteiger partial charge is 0.244 e. The number of hydrogen-bond acceptors (Lipinski definition) is 8. The van der Waals surface area contributed by atoms with Crippen LogP contribution in [0.3, 0.4) is 0 Å². The lowest BCUT2D eigenvalue weighted by atomic mass is 9.86. The predicted octanol–water partition coefficient (Wildman–Crippen LogP) is 5.43. The van der Waals surface area contributed by atoms with E-state index < -0.39 is 10.0 Å². The van der Waals surface area contributed by atoms with Gasteiger partial charge in [0, 0.05) is 25.9 Å². The number of piperidine rings is 1. The number of sulfonamides is 1. The summed E-state index contributed by atoms with van der Waals surface area (Å²) in [5, 5.41) is 6.56. The molecule has 1 aromatic heterocycles. The van der Waals surface area contributed by atoms with Crippen LogP contribution in [-0.4, -0.2) is 67.9 Å². The molecule has 0 bridgehead atoms. The van der Waals surface area contributed by atoms with E-state index in [9.17, 15) is 8.42 Å². The van der Waals surface area contributed by atoms with E-state index in [1.165, 1.54) is 29.5 Å². The van der Waals surface area contributed by atoms with Gasteiger partial charge in [0.1, 0.15) is 16.5 Å². The minimum atomic E-state index is -3.65. The molecular weight excluding hydrogens is 512 g/mol. The molecule has 3 aromatic rings. The SMILES string of the molecule is Cc1cc(Nc2ncc(C)c(Nc3ccccc3S(=O)(=O)N(C)C)n2)c(OC(C)C)cc1C1CCN(C)CC1. The lowest BCUT2D eigenvalue weighted by molar-refractivity contribution is 0.241. The third-order valence-corrected chi connectivity index (χ3v) is 8.88. The number of benzene rings is 2. The summed E-state index contributed by atoms with van der Waals surface area (Å²) in [6, 6.07) is 11.1. The molecule has 0 radical (unpaired) electrons. The number of anilines is 4.